The first-order valence-electron chi connectivity index (χ1n) is 6.69. The SMILES string of the molecule is CCOC(=O)Cn1ccc(NC(=O)c2cc(COC)cs2)n1. The van der Waals surface area contributed by atoms with Crippen molar-refractivity contribution in [2.24, 2.45) is 0 Å². The quantitative estimate of drug-likeness (QED) is 0.787. The first-order chi connectivity index (χ1) is 10.6. The molecule has 1 N–H and O–H groups in total. The minimum atomic E-state index is -0.369. The summed E-state index contributed by atoms with van der Waals surface area (Å²) in [5.41, 5.74) is 0.950. The molecular formula is C14H17N3O4S. The van der Waals surface area contributed by atoms with E-state index in [9.17, 15) is 9.59 Å². The molecule has 0 spiro atoms. The number of nitrogens with one attached hydrogen (secondary N) is 1. The molecule has 0 bridgehead atoms. The molecule has 2 aromatic rings. The number of thiophene rings is 1. The van der Waals surface area contributed by atoms with Gasteiger partial charge in [0.25, 0.3) is 5.91 Å². The maximum Gasteiger partial charge on any atom is 0.327 e. The van der Waals surface area contributed by atoms with Crippen LogP contribution in [0, 0.1) is 0 Å². The van der Waals surface area contributed by atoms with E-state index < -0.39 is 0 Å². The summed E-state index contributed by atoms with van der Waals surface area (Å²) < 4.78 is 11.3. The van der Waals surface area contributed by atoms with Crippen molar-refractivity contribution in [2.75, 3.05) is 19.0 Å². The van der Waals surface area contributed by atoms with Crippen LogP contribution in [0.25, 0.3) is 0 Å². The Bertz CT molecular complexity index is 650. The molecular weight excluding hydrogens is 306 g/mol. The van der Waals surface area contributed by atoms with Crippen LogP contribution in [0.15, 0.2) is 23.7 Å². The highest BCUT2D eigenvalue weighted by molar-refractivity contribution is 7.12. The first-order valence-corrected chi connectivity index (χ1v) is 7.57. The van der Waals surface area contributed by atoms with Gasteiger partial charge in [-0.3, -0.25) is 14.3 Å². The standard InChI is InChI=1S/C14H17N3O4S/c1-3-21-13(18)7-17-5-4-12(16-17)15-14(19)11-6-10(8-20-2)9-22-11/h4-6,9H,3,7-8H2,1-2H3,(H,15,16,19). The van der Waals surface area contributed by atoms with Gasteiger partial charge in [-0.15, -0.1) is 11.3 Å². The number of hydrogen-bond donors (Lipinski definition) is 1. The van der Waals surface area contributed by atoms with Crippen molar-refractivity contribution in [1.82, 2.24) is 9.78 Å². The lowest BCUT2D eigenvalue weighted by Crippen LogP contribution is -2.15. The molecule has 2 aromatic heterocycles. The molecule has 0 aliphatic rings. The van der Waals surface area contributed by atoms with Gasteiger partial charge in [0.1, 0.15) is 6.54 Å². The van der Waals surface area contributed by atoms with Crippen molar-refractivity contribution in [3.8, 4) is 0 Å². The Morgan fingerprint density at radius 2 is 2.27 bits per heavy atom. The molecule has 0 saturated heterocycles. The molecule has 2 rings (SSSR count). The molecule has 8 heteroatoms. The van der Waals surface area contributed by atoms with Crippen LogP contribution in [0.5, 0.6) is 0 Å². The lowest BCUT2D eigenvalue weighted by molar-refractivity contribution is -0.144. The smallest absolute Gasteiger partial charge is 0.327 e. The van der Waals surface area contributed by atoms with Crippen LogP contribution in [0.4, 0.5) is 5.82 Å². The number of methoxy groups -OCH3 is 1. The number of hydrogen-bond acceptors (Lipinski definition) is 6. The lowest BCUT2D eigenvalue weighted by atomic mass is 10.3. The second-order valence-corrected chi connectivity index (χ2v) is 5.32. The highest BCUT2D eigenvalue weighted by atomic mass is 32.1. The number of esters is 1. The second-order valence-electron chi connectivity index (χ2n) is 4.41. The van der Waals surface area contributed by atoms with Gasteiger partial charge in [-0.1, -0.05) is 0 Å². The zero-order valence-corrected chi connectivity index (χ0v) is 13.2. The minimum Gasteiger partial charge on any atom is -0.465 e. The predicted molar refractivity (Wildman–Crippen MR) is 81.8 cm³/mol. The van der Waals surface area contributed by atoms with Gasteiger partial charge in [0.2, 0.25) is 0 Å². The summed E-state index contributed by atoms with van der Waals surface area (Å²) in [6.07, 6.45) is 1.61. The average Bonchev–Trinajstić information content (AvgIpc) is 3.09. The molecule has 0 radical (unpaired) electrons. The zero-order chi connectivity index (χ0) is 15.9. The molecule has 118 valence electrons. The van der Waals surface area contributed by atoms with E-state index in [1.54, 1.807) is 32.4 Å². The van der Waals surface area contributed by atoms with Crippen molar-refractivity contribution in [1.29, 1.82) is 0 Å². The van der Waals surface area contributed by atoms with E-state index in [-0.39, 0.29) is 18.4 Å². The highest BCUT2D eigenvalue weighted by Crippen LogP contribution is 2.17. The monoisotopic (exact) mass is 323 g/mol. The molecule has 0 fully saturated rings. The summed E-state index contributed by atoms with van der Waals surface area (Å²) in [6, 6.07) is 3.40. The Morgan fingerprint density at radius 3 is 3.00 bits per heavy atom. The summed E-state index contributed by atoms with van der Waals surface area (Å²) >= 11 is 1.34. The van der Waals surface area contributed by atoms with Crippen molar-refractivity contribution in [2.45, 2.75) is 20.1 Å². The Balaban J connectivity index is 1.94. The topological polar surface area (TPSA) is 82.5 Å². The molecule has 0 atom stereocenters. The number of carbonyl (C=O) groups excluding carboxylic acids is 2. The Kier molecular flexibility index (Phi) is 5.68. The molecule has 0 saturated carbocycles. The fraction of sp³-hybridized carbons (Fsp3) is 0.357. The molecule has 22 heavy (non-hydrogen) atoms. The fourth-order valence-electron chi connectivity index (χ4n) is 1.77. The normalized spacial score (nSPS) is 10.5. The van der Waals surface area contributed by atoms with E-state index in [2.05, 4.69) is 10.4 Å². The number of ether oxygens (including phenoxy) is 2. The fourth-order valence-corrected chi connectivity index (χ4v) is 2.56. The van der Waals surface area contributed by atoms with Crippen molar-refractivity contribution in [3.05, 3.63) is 34.2 Å². The third-order valence-corrected chi connectivity index (χ3v) is 3.65. The van der Waals surface area contributed by atoms with E-state index in [1.807, 2.05) is 5.38 Å². The van der Waals surface area contributed by atoms with Gasteiger partial charge in [0, 0.05) is 19.4 Å². The van der Waals surface area contributed by atoms with Crippen LogP contribution >= 0.6 is 11.3 Å². The third-order valence-electron chi connectivity index (χ3n) is 2.67. The number of rotatable bonds is 7. The number of carbonyl (C=O) groups is 2. The van der Waals surface area contributed by atoms with Crippen molar-refractivity contribution in [3.63, 3.8) is 0 Å². The van der Waals surface area contributed by atoms with E-state index in [1.165, 1.54) is 16.0 Å². The summed E-state index contributed by atoms with van der Waals surface area (Å²) in [5, 5.41) is 8.66. The van der Waals surface area contributed by atoms with Gasteiger partial charge in [-0.25, -0.2) is 0 Å². The van der Waals surface area contributed by atoms with Gasteiger partial charge < -0.3 is 14.8 Å². The van der Waals surface area contributed by atoms with Crippen molar-refractivity contribution >= 4 is 29.0 Å². The first kappa shape index (κ1) is 16.2. The number of anilines is 1. The summed E-state index contributed by atoms with van der Waals surface area (Å²) in [6.45, 7) is 2.55. The summed E-state index contributed by atoms with van der Waals surface area (Å²) in [7, 11) is 1.60. The predicted octanol–water partition coefficient (Wildman–Crippen LogP) is 1.91. The number of amides is 1. The average molecular weight is 323 g/mol. The lowest BCUT2D eigenvalue weighted by Gasteiger charge is -2.02. The zero-order valence-electron chi connectivity index (χ0n) is 12.4. The number of aromatic nitrogens is 2. The summed E-state index contributed by atoms with van der Waals surface area (Å²) in [5.74, 6) is -0.226. The molecule has 0 aliphatic heterocycles. The largest absolute Gasteiger partial charge is 0.465 e. The van der Waals surface area contributed by atoms with Crippen LogP contribution in [-0.4, -0.2) is 35.4 Å². The minimum absolute atomic E-state index is 0.0146. The van der Waals surface area contributed by atoms with E-state index in [4.69, 9.17) is 9.47 Å². The Hall–Kier alpha value is -2.19. The van der Waals surface area contributed by atoms with Crippen LogP contribution in [-0.2, 0) is 27.4 Å². The van der Waals surface area contributed by atoms with Gasteiger partial charge in [-0.2, -0.15) is 5.10 Å². The molecule has 2 heterocycles. The van der Waals surface area contributed by atoms with Crippen LogP contribution in [0.2, 0.25) is 0 Å². The van der Waals surface area contributed by atoms with E-state index in [0.717, 1.165) is 5.56 Å². The van der Waals surface area contributed by atoms with Crippen molar-refractivity contribution < 1.29 is 19.1 Å². The van der Waals surface area contributed by atoms with E-state index >= 15 is 0 Å². The van der Waals surface area contributed by atoms with Gasteiger partial charge in [0.15, 0.2) is 5.82 Å². The Labute approximate surface area is 131 Å². The Morgan fingerprint density at radius 1 is 1.45 bits per heavy atom. The van der Waals surface area contributed by atoms with Gasteiger partial charge >= 0.3 is 5.97 Å². The van der Waals surface area contributed by atoms with E-state index in [0.29, 0.717) is 23.9 Å². The second kappa shape index (κ2) is 7.71. The molecule has 0 unspecified atom stereocenters. The van der Waals surface area contributed by atoms with Crippen LogP contribution < -0.4 is 5.32 Å². The summed E-state index contributed by atoms with van der Waals surface area (Å²) in [4.78, 5) is 24.0. The molecule has 7 nitrogen and oxygen atoms in total. The third kappa shape index (κ3) is 4.40. The molecule has 0 aromatic carbocycles. The van der Waals surface area contributed by atoms with Gasteiger partial charge in [0.05, 0.1) is 18.1 Å². The molecule has 1 amide bonds. The molecule has 0 aliphatic carbocycles. The highest BCUT2D eigenvalue weighted by Gasteiger charge is 2.12. The van der Waals surface area contributed by atoms with Crippen LogP contribution in [0.3, 0.4) is 0 Å². The number of nitrogens with zero attached hydrogens (tertiary/aromatic N) is 2. The maximum absolute atomic E-state index is 12.1. The maximum atomic E-state index is 12.1. The van der Waals surface area contributed by atoms with Crippen LogP contribution in [0.1, 0.15) is 22.2 Å². The van der Waals surface area contributed by atoms with Gasteiger partial charge in [-0.05, 0) is 23.9 Å².